The summed E-state index contributed by atoms with van der Waals surface area (Å²) in [7, 11) is 0. The Morgan fingerprint density at radius 1 is 0.673 bits per heavy atom. The van der Waals surface area contributed by atoms with Crippen LogP contribution in [0.1, 0.15) is 90.2 Å². The van der Waals surface area contributed by atoms with E-state index >= 15 is 0 Å². The summed E-state index contributed by atoms with van der Waals surface area (Å²) in [6, 6.07) is 15.1. The minimum atomic E-state index is 0.0326. The van der Waals surface area contributed by atoms with Gasteiger partial charge in [0.2, 0.25) is 0 Å². The predicted octanol–water partition coefficient (Wildman–Crippen LogP) is 9.76. The Labute approximate surface area is 290 Å². The molecule has 2 unspecified atom stereocenters. The molecule has 0 aliphatic carbocycles. The molecule has 49 heavy (non-hydrogen) atoms. The minimum absolute atomic E-state index is 0.0326. The fraction of sp³-hybridized carbons (Fsp3) is 0.450. The summed E-state index contributed by atoms with van der Waals surface area (Å²) >= 11 is 0. The van der Waals surface area contributed by atoms with E-state index in [0.717, 1.165) is 49.4 Å². The molecule has 0 spiro atoms. The molecule has 0 aliphatic heterocycles. The standard InChI is InChI=1S/C40H51N5O4/c1-7-11-15-28(9-3)24-48-34-21-19-31(36(46)26(34)5)38-42-39(44-40(43-38)45-33-18-14-13-17-30(33)23-41-45)32-20-22-35(27(6)37(32)47)49-25-29(10-4)16-12-8-2/h13-14,17-23,28-29,46-47H,7-12,15-16,24-25H2,1-6H3. The Morgan fingerprint density at radius 3 is 1.67 bits per heavy atom. The van der Waals surface area contributed by atoms with Gasteiger partial charge in [-0.15, -0.1) is 0 Å². The number of phenols is 2. The number of aromatic hydroxyl groups is 2. The highest BCUT2D eigenvalue weighted by molar-refractivity contribution is 5.80. The van der Waals surface area contributed by atoms with E-state index in [-0.39, 0.29) is 29.1 Å². The third-order valence-electron chi connectivity index (χ3n) is 9.57. The van der Waals surface area contributed by atoms with Crippen LogP contribution in [0.5, 0.6) is 23.0 Å². The summed E-state index contributed by atoms with van der Waals surface area (Å²) in [5.41, 5.74) is 2.90. The maximum absolute atomic E-state index is 11.5. The third kappa shape index (κ3) is 8.15. The molecule has 9 heteroatoms. The van der Waals surface area contributed by atoms with Crippen molar-refractivity contribution in [3.63, 3.8) is 0 Å². The lowest BCUT2D eigenvalue weighted by atomic mass is 10.0. The van der Waals surface area contributed by atoms with Gasteiger partial charge in [-0.3, -0.25) is 0 Å². The molecule has 2 N–H and O–H groups in total. The van der Waals surface area contributed by atoms with Crippen LogP contribution in [0.15, 0.2) is 54.7 Å². The fourth-order valence-corrected chi connectivity index (χ4v) is 6.08. The second-order valence-corrected chi connectivity index (χ2v) is 13.0. The van der Waals surface area contributed by atoms with Gasteiger partial charge >= 0.3 is 0 Å². The smallest absolute Gasteiger partial charge is 0.255 e. The van der Waals surface area contributed by atoms with E-state index in [2.05, 4.69) is 32.8 Å². The van der Waals surface area contributed by atoms with Crippen LogP contribution >= 0.6 is 0 Å². The number of nitrogens with zero attached hydrogens (tertiary/aromatic N) is 5. The Balaban J connectivity index is 1.54. The van der Waals surface area contributed by atoms with Crippen molar-refractivity contribution < 1.29 is 19.7 Å². The lowest BCUT2D eigenvalue weighted by Crippen LogP contribution is -2.12. The number of benzene rings is 3. The number of para-hydroxylation sites is 1. The maximum Gasteiger partial charge on any atom is 0.255 e. The highest BCUT2D eigenvalue weighted by Gasteiger charge is 2.22. The first-order valence-corrected chi connectivity index (χ1v) is 17.9. The average Bonchev–Trinajstić information content (AvgIpc) is 3.56. The van der Waals surface area contributed by atoms with Crippen molar-refractivity contribution in [2.24, 2.45) is 11.8 Å². The first-order valence-electron chi connectivity index (χ1n) is 17.9. The maximum atomic E-state index is 11.5. The lowest BCUT2D eigenvalue weighted by molar-refractivity contribution is 0.231. The van der Waals surface area contributed by atoms with Crippen LogP contribution in [0.25, 0.3) is 39.6 Å². The second kappa shape index (κ2) is 16.6. The number of hydrogen-bond donors (Lipinski definition) is 2. The molecule has 260 valence electrons. The van der Waals surface area contributed by atoms with Crippen molar-refractivity contribution in [3.05, 3.63) is 65.9 Å². The first-order chi connectivity index (χ1) is 23.8. The zero-order chi connectivity index (χ0) is 34.9. The van der Waals surface area contributed by atoms with Crippen molar-refractivity contribution >= 4 is 10.9 Å². The van der Waals surface area contributed by atoms with Crippen LogP contribution in [-0.2, 0) is 0 Å². The first kappa shape index (κ1) is 35.6. The molecule has 0 amide bonds. The van der Waals surface area contributed by atoms with Crippen LogP contribution < -0.4 is 9.47 Å². The summed E-state index contributed by atoms with van der Waals surface area (Å²) in [5.74, 6) is 3.01. The molecule has 0 saturated carbocycles. The quantitative estimate of drug-likeness (QED) is 0.101. The van der Waals surface area contributed by atoms with Gasteiger partial charge in [-0.2, -0.15) is 19.7 Å². The van der Waals surface area contributed by atoms with E-state index in [4.69, 9.17) is 24.4 Å². The van der Waals surface area contributed by atoms with Gasteiger partial charge in [-0.25, -0.2) is 4.98 Å². The average molecular weight is 666 g/mol. The normalized spacial score (nSPS) is 12.7. The monoisotopic (exact) mass is 665 g/mol. The van der Waals surface area contributed by atoms with Crippen LogP contribution in [-0.4, -0.2) is 48.2 Å². The second-order valence-electron chi connectivity index (χ2n) is 13.0. The van der Waals surface area contributed by atoms with E-state index in [1.807, 2.05) is 50.2 Å². The summed E-state index contributed by atoms with van der Waals surface area (Å²) in [4.78, 5) is 14.4. The molecule has 0 fully saturated rings. The molecule has 0 radical (unpaired) electrons. The van der Waals surface area contributed by atoms with Crippen molar-refractivity contribution in [2.75, 3.05) is 13.2 Å². The molecule has 3 aromatic carbocycles. The van der Waals surface area contributed by atoms with Gasteiger partial charge in [-0.1, -0.05) is 84.4 Å². The van der Waals surface area contributed by atoms with Crippen molar-refractivity contribution in [3.8, 4) is 51.7 Å². The molecule has 0 bridgehead atoms. The highest BCUT2D eigenvalue weighted by Crippen LogP contribution is 2.39. The Kier molecular flexibility index (Phi) is 12.1. The fourth-order valence-electron chi connectivity index (χ4n) is 6.08. The van der Waals surface area contributed by atoms with Crippen molar-refractivity contribution in [1.82, 2.24) is 24.7 Å². The van der Waals surface area contributed by atoms with Crippen molar-refractivity contribution in [2.45, 2.75) is 92.9 Å². The third-order valence-corrected chi connectivity index (χ3v) is 9.57. The van der Waals surface area contributed by atoms with Crippen LogP contribution in [0.2, 0.25) is 0 Å². The summed E-state index contributed by atoms with van der Waals surface area (Å²) in [6.07, 6.45) is 10.7. The van der Waals surface area contributed by atoms with Gasteiger partial charge in [0.15, 0.2) is 11.6 Å². The summed E-state index contributed by atoms with van der Waals surface area (Å²) < 4.78 is 14.1. The molecule has 5 aromatic rings. The number of fused-ring (bicyclic) bond motifs is 1. The zero-order valence-corrected chi connectivity index (χ0v) is 29.9. The van der Waals surface area contributed by atoms with E-state index in [9.17, 15) is 10.2 Å². The Bertz CT molecular complexity index is 1760. The van der Waals surface area contributed by atoms with Gasteiger partial charge in [0, 0.05) is 16.5 Å². The molecule has 2 aromatic heterocycles. The largest absolute Gasteiger partial charge is 0.507 e. The molecule has 0 saturated heterocycles. The number of unbranched alkanes of at least 4 members (excludes halogenated alkanes) is 2. The lowest BCUT2D eigenvalue weighted by Gasteiger charge is -2.19. The molecule has 0 aliphatic rings. The van der Waals surface area contributed by atoms with Crippen molar-refractivity contribution in [1.29, 1.82) is 0 Å². The molecular weight excluding hydrogens is 614 g/mol. The summed E-state index contributed by atoms with van der Waals surface area (Å²) in [5, 5.41) is 28.5. The Morgan fingerprint density at radius 2 is 1.18 bits per heavy atom. The molecule has 2 heterocycles. The number of phenolic OH excluding ortho intramolecular Hbond substituents is 2. The zero-order valence-electron chi connectivity index (χ0n) is 29.9. The molecule has 2 atom stereocenters. The van der Waals surface area contributed by atoms with Gasteiger partial charge in [-0.05, 0) is 68.9 Å². The van der Waals surface area contributed by atoms with Gasteiger partial charge < -0.3 is 19.7 Å². The SMILES string of the molecule is CCCCC(CC)COc1ccc(-c2nc(-c3ccc(OCC(CC)CCCC)c(C)c3O)nc(-n3ncc4ccccc43)n2)c(O)c1C. The van der Waals surface area contributed by atoms with Crippen LogP contribution in [0.4, 0.5) is 0 Å². The van der Waals surface area contributed by atoms with E-state index in [0.29, 0.717) is 58.8 Å². The van der Waals surface area contributed by atoms with Crippen LogP contribution in [0, 0.1) is 25.7 Å². The van der Waals surface area contributed by atoms with E-state index < -0.39 is 0 Å². The Hall–Kier alpha value is -4.66. The molecule has 5 rings (SSSR count). The number of ether oxygens (including phenoxy) is 2. The molecular formula is C40H51N5O4. The topological polar surface area (TPSA) is 115 Å². The van der Waals surface area contributed by atoms with Gasteiger partial charge in [0.1, 0.15) is 23.0 Å². The number of hydrogen-bond acceptors (Lipinski definition) is 8. The van der Waals surface area contributed by atoms with Crippen LogP contribution in [0.3, 0.4) is 0 Å². The van der Waals surface area contributed by atoms with E-state index in [1.54, 1.807) is 23.0 Å². The molecule has 9 nitrogen and oxygen atoms in total. The number of aromatic nitrogens is 5. The minimum Gasteiger partial charge on any atom is -0.507 e. The van der Waals surface area contributed by atoms with Gasteiger partial charge in [0.05, 0.1) is 36.1 Å². The van der Waals surface area contributed by atoms with E-state index in [1.165, 1.54) is 12.8 Å². The van der Waals surface area contributed by atoms with Gasteiger partial charge in [0.25, 0.3) is 5.95 Å². The predicted molar refractivity (Wildman–Crippen MR) is 196 cm³/mol. The highest BCUT2D eigenvalue weighted by atomic mass is 16.5. The summed E-state index contributed by atoms with van der Waals surface area (Å²) in [6.45, 7) is 13.6. The number of rotatable bonds is 17.